The predicted octanol–water partition coefficient (Wildman–Crippen LogP) is 3.65. The molecule has 3 N–H and O–H groups in total. The standard InChI is InChI=1S/C16H24INO/c1-3-12-8-9-16(10-12,11-18)15(2,19)13-4-6-14(17)7-5-13/h4-7,12,19H,3,8-11,18H2,1-2H3. The van der Waals surface area contributed by atoms with Gasteiger partial charge in [0, 0.05) is 15.5 Å². The molecule has 3 atom stereocenters. The molecule has 1 aromatic rings. The van der Waals surface area contributed by atoms with Crippen molar-refractivity contribution in [2.45, 2.75) is 45.1 Å². The monoisotopic (exact) mass is 373 g/mol. The lowest BCUT2D eigenvalue weighted by Gasteiger charge is -2.43. The van der Waals surface area contributed by atoms with Crippen LogP contribution >= 0.6 is 22.6 Å². The molecular weight excluding hydrogens is 349 g/mol. The van der Waals surface area contributed by atoms with Gasteiger partial charge in [-0.05, 0) is 72.4 Å². The van der Waals surface area contributed by atoms with E-state index in [1.807, 2.05) is 19.1 Å². The van der Waals surface area contributed by atoms with Crippen molar-refractivity contribution in [1.29, 1.82) is 0 Å². The second-order valence-corrected chi connectivity index (χ2v) is 7.33. The summed E-state index contributed by atoms with van der Waals surface area (Å²) < 4.78 is 1.19. The van der Waals surface area contributed by atoms with Crippen molar-refractivity contribution in [3.8, 4) is 0 Å². The highest BCUT2D eigenvalue weighted by Crippen LogP contribution is 2.53. The minimum Gasteiger partial charge on any atom is -0.385 e. The van der Waals surface area contributed by atoms with Crippen molar-refractivity contribution in [1.82, 2.24) is 0 Å². The largest absolute Gasteiger partial charge is 0.385 e. The van der Waals surface area contributed by atoms with E-state index in [9.17, 15) is 5.11 Å². The zero-order chi connectivity index (χ0) is 14.1. The second-order valence-electron chi connectivity index (χ2n) is 6.08. The average Bonchev–Trinajstić information content (AvgIpc) is 2.84. The van der Waals surface area contributed by atoms with E-state index in [4.69, 9.17) is 5.73 Å². The van der Waals surface area contributed by atoms with E-state index in [1.165, 1.54) is 16.4 Å². The highest BCUT2D eigenvalue weighted by Gasteiger charge is 2.50. The van der Waals surface area contributed by atoms with Gasteiger partial charge >= 0.3 is 0 Å². The Hall–Kier alpha value is -0.130. The SMILES string of the molecule is CCC1CCC(CN)(C(C)(O)c2ccc(I)cc2)C1. The molecule has 0 aromatic heterocycles. The van der Waals surface area contributed by atoms with Gasteiger partial charge in [-0.25, -0.2) is 0 Å². The Morgan fingerprint density at radius 1 is 1.42 bits per heavy atom. The number of hydrogen-bond acceptors (Lipinski definition) is 2. The molecule has 0 heterocycles. The molecule has 0 bridgehead atoms. The topological polar surface area (TPSA) is 46.2 Å². The smallest absolute Gasteiger partial charge is 0.0936 e. The third kappa shape index (κ3) is 2.69. The van der Waals surface area contributed by atoms with Crippen molar-refractivity contribution in [2.75, 3.05) is 6.54 Å². The maximum Gasteiger partial charge on any atom is 0.0936 e. The van der Waals surface area contributed by atoms with Crippen LogP contribution in [0.15, 0.2) is 24.3 Å². The molecule has 1 aromatic carbocycles. The highest BCUT2D eigenvalue weighted by atomic mass is 127. The Kier molecular flexibility index (Phi) is 4.58. The Morgan fingerprint density at radius 2 is 2.05 bits per heavy atom. The Morgan fingerprint density at radius 3 is 2.53 bits per heavy atom. The van der Waals surface area contributed by atoms with E-state index in [1.54, 1.807) is 0 Å². The number of benzene rings is 1. The molecule has 0 radical (unpaired) electrons. The van der Waals surface area contributed by atoms with E-state index in [0.29, 0.717) is 12.5 Å². The third-order valence-electron chi connectivity index (χ3n) is 5.12. The predicted molar refractivity (Wildman–Crippen MR) is 87.8 cm³/mol. The van der Waals surface area contributed by atoms with Crippen LogP contribution in [-0.2, 0) is 5.60 Å². The van der Waals surface area contributed by atoms with Gasteiger partial charge in [-0.15, -0.1) is 0 Å². The van der Waals surface area contributed by atoms with Gasteiger partial charge in [-0.3, -0.25) is 0 Å². The van der Waals surface area contributed by atoms with Crippen molar-refractivity contribution >= 4 is 22.6 Å². The zero-order valence-electron chi connectivity index (χ0n) is 11.8. The minimum absolute atomic E-state index is 0.166. The normalized spacial score (nSPS) is 30.3. The lowest BCUT2D eigenvalue weighted by Crippen LogP contribution is -2.47. The van der Waals surface area contributed by atoms with Gasteiger partial charge in [0.2, 0.25) is 0 Å². The zero-order valence-corrected chi connectivity index (χ0v) is 14.0. The fourth-order valence-electron chi connectivity index (χ4n) is 3.49. The summed E-state index contributed by atoms with van der Waals surface area (Å²) >= 11 is 2.29. The maximum atomic E-state index is 11.2. The molecule has 0 amide bonds. The molecular formula is C16H24INO. The first-order valence-corrected chi connectivity index (χ1v) is 8.21. The van der Waals surface area contributed by atoms with Gasteiger partial charge in [0.05, 0.1) is 5.60 Å². The summed E-state index contributed by atoms with van der Waals surface area (Å²) in [6, 6.07) is 8.19. The summed E-state index contributed by atoms with van der Waals surface area (Å²) in [5.74, 6) is 0.707. The molecule has 106 valence electrons. The molecule has 0 spiro atoms. The molecule has 0 saturated heterocycles. The molecule has 1 saturated carbocycles. The van der Waals surface area contributed by atoms with Crippen molar-refractivity contribution in [2.24, 2.45) is 17.1 Å². The van der Waals surface area contributed by atoms with E-state index < -0.39 is 5.60 Å². The maximum absolute atomic E-state index is 11.2. The van der Waals surface area contributed by atoms with Crippen LogP contribution in [0.1, 0.15) is 45.1 Å². The third-order valence-corrected chi connectivity index (χ3v) is 5.84. The van der Waals surface area contributed by atoms with Crippen LogP contribution in [0.4, 0.5) is 0 Å². The van der Waals surface area contributed by atoms with Gasteiger partial charge in [-0.1, -0.05) is 25.5 Å². The Bertz CT molecular complexity index is 429. The molecule has 0 aliphatic heterocycles. The van der Waals surface area contributed by atoms with Gasteiger partial charge in [0.15, 0.2) is 0 Å². The summed E-state index contributed by atoms with van der Waals surface area (Å²) in [6.45, 7) is 4.74. The summed E-state index contributed by atoms with van der Waals surface area (Å²) in [6.07, 6.45) is 4.44. The first-order valence-electron chi connectivity index (χ1n) is 7.13. The van der Waals surface area contributed by atoms with Gasteiger partial charge in [0.1, 0.15) is 0 Å². The minimum atomic E-state index is -0.837. The van der Waals surface area contributed by atoms with E-state index >= 15 is 0 Å². The number of hydrogen-bond donors (Lipinski definition) is 2. The van der Waals surface area contributed by atoms with Crippen LogP contribution in [0.5, 0.6) is 0 Å². The summed E-state index contributed by atoms with van der Waals surface area (Å²) in [5.41, 5.74) is 6.07. The first-order chi connectivity index (χ1) is 8.95. The number of aliphatic hydroxyl groups is 1. The molecule has 1 fully saturated rings. The van der Waals surface area contributed by atoms with Crippen LogP contribution in [0.25, 0.3) is 0 Å². The van der Waals surface area contributed by atoms with Crippen molar-refractivity contribution < 1.29 is 5.11 Å². The lowest BCUT2D eigenvalue weighted by atomic mass is 9.67. The van der Waals surface area contributed by atoms with Crippen LogP contribution in [-0.4, -0.2) is 11.7 Å². The average molecular weight is 373 g/mol. The Labute approximate surface area is 129 Å². The fraction of sp³-hybridized carbons (Fsp3) is 0.625. The second kappa shape index (κ2) is 5.70. The molecule has 19 heavy (non-hydrogen) atoms. The van der Waals surface area contributed by atoms with Gasteiger partial charge in [-0.2, -0.15) is 0 Å². The van der Waals surface area contributed by atoms with E-state index in [0.717, 1.165) is 18.4 Å². The first kappa shape index (κ1) is 15.3. The van der Waals surface area contributed by atoms with Crippen LogP contribution in [0.3, 0.4) is 0 Å². The quantitative estimate of drug-likeness (QED) is 0.792. The van der Waals surface area contributed by atoms with Crippen molar-refractivity contribution in [3.05, 3.63) is 33.4 Å². The molecule has 3 unspecified atom stereocenters. The number of halogens is 1. The molecule has 3 heteroatoms. The Balaban J connectivity index is 2.33. The summed E-state index contributed by atoms with van der Waals surface area (Å²) in [4.78, 5) is 0. The van der Waals surface area contributed by atoms with Crippen molar-refractivity contribution in [3.63, 3.8) is 0 Å². The summed E-state index contributed by atoms with van der Waals surface area (Å²) in [5, 5.41) is 11.2. The number of nitrogens with two attached hydrogens (primary N) is 1. The number of rotatable bonds is 4. The highest BCUT2D eigenvalue weighted by molar-refractivity contribution is 14.1. The fourth-order valence-corrected chi connectivity index (χ4v) is 3.85. The van der Waals surface area contributed by atoms with Crippen LogP contribution < -0.4 is 5.73 Å². The van der Waals surface area contributed by atoms with Crippen LogP contribution in [0.2, 0.25) is 0 Å². The van der Waals surface area contributed by atoms with E-state index in [-0.39, 0.29) is 5.41 Å². The molecule has 1 aliphatic carbocycles. The lowest BCUT2D eigenvalue weighted by molar-refractivity contribution is -0.0715. The van der Waals surface area contributed by atoms with E-state index in [2.05, 4.69) is 41.6 Å². The summed E-state index contributed by atoms with van der Waals surface area (Å²) in [7, 11) is 0. The molecule has 1 aliphatic rings. The molecule has 2 rings (SSSR count). The van der Waals surface area contributed by atoms with Gasteiger partial charge in [0.25, 0.3) is 0 Å². The molecule has 2 nitrogen and oxygen atoms in total. The van der Waals surface area contributed by atoms with Gasteiger partial charge < -0.3 is 10.8 Å². The van der Waals surface area contributed by atoms with Crippen LogP contribution in [0, 0.1) is 14.9 Å².